The SMILES string of the molecule is CCCC(CN)(CCC)CCO. The summed E-state index contributed by atoms with van der Waals surface area (Å²) in [6.45, 7) is 5.35. The second-order valence-corrected chi connectivity index (χ2v) is 3.68. The summed E-state index contributed by atoms with van der Waals surface area (Å²) < 4.78 is 0. The first-order valence-corrected chi connectivity index (χ1v) is 5.05. The van der Waals surface area contributed by atoms with Crippen LogP contribution in [0, 0.1) is 5.41 Å². The lowest BCUT2D eigenvalue weighted by atomic mass is 9.77. The Morgan fingerprint density at radius 2 is 1.58 bits per heavy atom. The van der Waals surface area contributed by atoms with E-state index in [1.165, 1.54) is 0 Å². The Bertz CT molecular complexity index is 87.0. The van der Waals surface area contributed by atoms with Crippen molar-refractivity contribution < 1.29 is 5.11 Å². The third-order valence-electron chi connectivity index (χ3n) is 2.64. The van der Waals surface area contributed by atoms with Crippen molar-refractivity contribution in [1.82, 2.24) is 0 Å². The van der Waals surface area contributed by atoms with E-state index < -0.39 is 0 Å². The molecule has 0 unspecified atom stereocenters. The molecule has 0 aliphatic rings. The highest BCUT2D eigenvalue weighted by atomic mass is 16.3. The van der Waals surface area contributed by atoms with Gasteiger partial charge in [0.1, 0.15) is 0 Å². The number of nitrogens with two attached hydrogens (primary N) is 1. The maximum absolute atomic E-state index is 8.93. The number of hydrogen-bond donors (Lipinski definition) is 2. The highest BCUT2D eigenvalue weighted by molar-refractivity contribution is 4.79. The maximum atomic E-state index is 8.93. The molecule has 74 valence electrons. The molecule has 0 aliphatic carbocycles. The van der Waals surface area contributed by atoms with Crippen molar-refractivity contribution in [2.45, 2.75) is 46.0 Å². The molecule has 3 N–H and O–H groups in total. The van der Waals surface area contributed by atoms with Crippen molar-refractivity contribution >= 4 is 0 Å². The molecule has 0 aromatic heterocycles. The zero-order valence-electron chi connectivity index (χ0n) is 8.47. The molecule has 0 aliphatic heterocycles. The van der Waals surface area contributed by atoms with Gasteiger partial charge in [-0.1, -0.05) is 26.7 Å². The van der Waals surface area contributed by atoms with Crippen LogP contribution in [0.1, 0.15) is 46.0 Å². The van der Waals surface area contributed by atoms with E-state index in [2.05, 4.69) is 13.8 Å². The number of hydrogen-bond acceptors (Lipinski definition) is 2. The van der Waals surface area contributed by atoms with Gasteiger partial charge in [-0.15, -0.1) is 0 Å². The van der Waals surface area contributed by atoms with Crippen molar-refractivity contribution in [3.63, 3.8) is 0 Å². The van der Waals surface area contributed by atoms with Gasteiger partial charge in [-0.3, -0.25) is 0 Å². The van der Waals surface area contributed by atoms with E-state index in [1.54, 1.807) is 0 Å². The molecule has 0 aromatic carbocycles. The molecule has 0 saturated heterocycles. The fourth-order valence-electron chi connectivity index (χ4n) is 1.98. The van der Waals surface area contributed by atoms with Crippen LogP contribution in [0.2, 0.25) is 0 Å². The summed E-state index contributed by atoms with van der Waals surface area (Å²) >= 11 is 0. The smallest absolute Gasteiger partial charge is 0.0436 e. The highest BCUT2D eigenvalue weighted by Crippen LogP contribution is 2.31. The van der Waals surface area contributed by atoms with Crippen LogP contribution in [0.15, 0.2) is 0 Å². The van der Waals surface area contributed by atoms with Crippen molar-refractivity contribution in [3.05, 3.63) is 0 Å². The molecule has 12 heavy (non-hydrogen) atoms. The fraction of sp³-hybridized carbons (Fsp3) is 1.00. The van der Waals surface area contributed by atoms with Crippen LogP contribution in [-0.4, -0.2) is 18.3 Å². The molecule has 0 radical (unpaired) electrons. The molecule has 0 bridgehead atoms. The molecule has 0 amide bonds. The topological polar surface area (TPSA) is 46.2 Å². The van der Waals surface area contributed by atoms with Gasteiger partial charge in [0.25, 0.3) is 0 Å². The number of aliphatic hydroxyl groups excluding tert-OH is 1. The molecular formula is C10H23NO. The normalized spacial score (nSPS) is 12.0. The Morgan fingerprint density at radius 1 is 1.08 bits per heavy atom. The van der Waals surface area contributed by atoms with Crippen molar-refractivity contribution in [3.8, 4) is 0 Å². The van der Waals surface area contributed by atoms with E-state index in [9.17, 15) is 0 Å². The Hall–Kier alpha value is -0.0800. The summed E-state index contributed by atoms with van der Waals surface area (Å²) in [6, 6.07) is 0. The monoisotopic (exact) mass is 173 g/mol. The zero-order chi connectivity index (χ0) is 9.45. The molecule has 0 spiro atoms. The summed E-state index contributed by atoms with van der Waals surface area (Å²) in [6.07, 6.45) is 5.50. The third kappa shape index (κ3) is 3.55. The molecule has 0 rings (SSSR count). The first kappa shape index (κ1) is 11.9. The van der Waals surface area contributed by atoms with Gasteiger partial charge in [0.05, 0.1) is 0 Å². The minimum atomic E-state index is 0.220. The van der Waals surface area contributed by atoms with Crippen LogP contribution in [-0.2, 0) is 0 Å². The molecule has 0 fully saturated rings. The van der Waals surface area contributed by atoms with Crippen LogP contribution >= 0.6 is 0 Å². The zero-order valence-corrected chi connectivity index (χ0v) is 8.47. The first-order chi connectivity index (χ1) is 5.74. The Kier molecular flexibility index (Phi) is 6.39. The van der Waals surface area contributed by atoms with E-state index in [-0.39, 0.29) is 12.0 Å². The largest absolute Gasteiger partial charge is 0.396 e. The van der Waals surface area contributed by atoms with Gasteiger partial charge >= 0.3 is 0 Å². The van der Waals surface area contributed by atoms with E-state index in [0.717, 1.165) is 38.6 Å². The van der Waals surface area contributed by atoms with Gasteiger partial charge in [0, 0.05) is 6.61 Å². The maximum Gasteiger partial charge on any atom is 0.0436 e. The van der Waals surface area contributed by atoms with E-state index in [4.69, 9.17) is 10.8 Å². The van der Waals surface area contributed by atoms with E-state index in [0.29, 0.717) is 0 Å². The van der Waals surface area contributed by atoms with Gasteiger partial charge in [-0.05, 0) is 31.2 Å². The second kappa shape index (κ2) is 6.44. The summed E-state index contributed by atoms with van der Waals surface area (Å²) in [4.78, 5) is 0. The predicted molar refractivity (Wildman–Crippen MR) is 53.0 cm³/mol. The Labute approximate surface area is 76.2 Å². The minimum absolute atomic E-state index is 0.220. The van der Waals surface area contributed by atoms with Crippen LogP contribution < -0.4 is 5.73 Å². The van der Waals surface area contributed by atoms with Crippen LogP contribution in [0.4, 0.5) is 0 Å². The third-order valence-corrected chi connectivity index (χ3v) is 2.64. The lowest BCUT2D eigenvalue weighted by Crippen LogP contribution is -2.31. The van der Waals surface area contributed by atoms with Crippen LogP contribution in [0.25, 0.3) is 0 Å². The van der Waals surface area contributed by atoms with Crippen molar-refractivity contribution in [2.24, 2.45) is 11.1 Å². The standard InChI is InChI=1S/C10H23NO/c1-3-5-10(9-11,6-4-2)7-8-12/h12H,3-9,11H2,1-2H3. The summed E-state index contributed by atoms with van der Waals surface area (Å²) in [5.41, 5.74) is 5.98. The number of aliphatic hydroxyl groups is 1. The number of rotatable bonds is 7. The fourth-order valence-corrected chi connectivity index (χ4v) is 1.98. The predicted octanol–water partition coefficient (Wildman–Crippen LogP) is 1.91. The molecule has 0 atom stereocenters. The van der Waals surface area contributed by atoms with E-state index >= 15 is 0 Å². The lowest BCUT2D eigenvalue weighted by molar-refractivity contribution is 0.161. The second-order valence-electron chi connectivity index (χ2n) is 3.68. The molecule has 0 heterocycles. The summed E-state index contributed by atoms with van der Waals surface area (Å²) in [5, 5.41) is 8.93. The minimum Gasteiger partial charge on any atom is -0.396 e. The molecule has 0 saturated carbocycles. The Morgan fingerprint density at radius 3 is 1.83 bits per heavy atom. The molecule has 2 nitrogen and oxygen atoms in total. The van der Waals surface area contributed by atoms with Crippen LogP contribution in [0.3, 0.4) is 0 Å². The molecule has 2 heteroatoms. The first-order valence-electron chi connectivity index (χ1n) is 5.05. The quantitative estimate of drug-likeness (QED) is 0.618. The van der Waals surface area contributed by atoms with E-state index in [1.807, 2.05) is 0 Å². The van der Waals surface area contributed by atoms with Gasteiger partial charge in [0.15, 0.2) is 0 Å². The van der Waals surface area contributed by atoms with Gasteiger partial charge < -0.3 is 10.8 Å². The lowest BCUT2D eigenvalue weighted by Gasteiger charge is -2.31. The molecular weight excluding hydrogens is 150 g/mol. The van der Waals surface area contributed by atoms with Crippen molar-refractivity contribution in [2.75, 3.05) is 13.2 Å². The van der Waals surface area contributed by atoms with Crippen molar-refractivity contribution in [1.29, 1.82) is 0 Å². The van der Waals surface area contributed by atoms with Gasteiger partial charge in [0.2, 0.25) is 0 Å². The van der Waals surface area contributed by atoms with Crippen LogP contribution in [0.5, 0.6) is 0 Å². The average molecular weight is 173 g/mol. The molecule has 0 aromatic rings. The average Bonchev–Trinajstić information content (AvgIpc) is 2.06. The summed E-state index contributed by atoms with van der Waals surface area (Å²) in [5.74, 6) is 0. The Balaban J connectivity index is 4.06. The van der Waals surface area contributed by atoms with Gasteiger partial charge in [-0.25, -0.2) is 0 Å². The van der Waals surface area contributed by atoms with Gasteiger partial charge in [-0.2, -0.15) is 0 Å². The summed E-state index contributed by atoms with van der Waals surface area (Å²) in [7, 11) is 0. The highest BCUT2D eigenvalue weighted by Gasteiger charge is 2.25.